The van der Waals surface area contributed by atoms with Gasteiger partial charge in [-0.2, -0.15) is 0 Å². The molecule has 1 aromatic heterocycles. The second kappa shape index (κ2) is 6.91. The average Bonchev–Trinajstić information content (AvgIpc) is 3.39. The summed E-state index contributed by atoms with van der Waals surface area (Å²) in [5.41, 5.74) is 2.74. The molecule has 2 heterocycles. The van der Waals surface area contributed by atoms with Gasteiger partial charge in [-0.15, -0.1) is 0 Å². The Hall–Kier alpha value is -2.50. The third-order valence-corrected chi connectivity index (χ3v) is 6.18. The fourth-order valence-corrected chi connectivity index (χ4v) is 4.76. The van der Waals surface area contributed by atoms with E-state index in [1.54, 1.807) is 12.0 Å². The van der Waals surface area contributed by atoms with Crippen LogP contribution >= 0.6 is 0 Å². The highest BCUT2D eigenvalue weighted by atomic mass is 16.5. The maximum atomic E-state index is 13.4. The Labute approximate surface area is 158 Å². The molecule has 144 valence electrons. The molecule has 1 aliphatic carbocycles. The predicted octanol–water partition coefficient (Wildman–Crippen LogP) is 3.62. The first-order valence-electron chi connectivity index (χ1n) is 9.72. The smallest absolute Gasteiger partial charge is 0.308 e. The molecule has 1 N–H and O–H groups in total. The number of fused-ring (bicyclic) bond motifs is 1. The lowest BCUT2D eigenvalue weighted by Gasteiger charge is -2.18. The maximum Gasteiger partial charge on any atom is 0.308 e. The number of hydrogen-bond acceptors (Lipinski definition) is 3. The monoisotopic (exact) mass is 370 g/mol. The number of carbonyl (C=O) groups excluding carboxylic acids is 1. The molecular formula is C21H26N2O4. The molecule has 2 aromatic rings. The van der Waals surface area contributed by atoms with E-state index in [4.69, 9.17) is 4.74 Å². The number of ether oxygens (including phenoxy) is 1. The van der Waals surface area contributed by atoms with Gasteiger partial charge >= 0.3 is 5.97 Å². The van der Waals surface area contributed by atoms with Crippen LogP contribution in [0.3, 0.4) is 0 Å². The van der Waals surface area contributed by atoms with Crippen molar-refractivity contribution in [2.45, 2.75) is 45.1 Å². The quantitative estimate of drug-likeness (QED) is 0.892. The lowest BCUT2D eigenvalue weighted by Crippen LogP contribution is -2.30. The molecule has 2 aliphatic rings. The zero-order valence-electron chi connectivity index (χ0n) is 15.9. The lowest BCUT2D eigenvalue weighted by molar-refractivity contribution is -0.141. The molecule has 0 bridgehead atoms. The van der Waals surface area contributed by atoms with Crippen molar-refractivity contribution in [3.8, 4) is 5.75 Å². The van der Waals surface area contributed by atoms with E-state index in [9.17, 15) is 14.7 Å². The summed E-state index contributed by atoms with van der Waals surface area (Å²) in [5, 5.41) is 10.2. The number of hydrogen-bond donors (Lipinski definition) is 1. The van der Waals surface area contributed by atoms with E-state index in [1.807, 2.05) is 25.1 Å². The Kier molecular flexibility index (Phi) is 4.58. The number of nitrogens with zero attached hydrogens (tertiary/aromatic N) is 2. The van der Waals surface area contributed by atoms with Crippen molar-refractivity contribution in [3.05, 3.63) is 29.5 Å². The summed E-state index contributed by atoms with van der Waals surface area (Å²) in [6.07, 6.45) is 5.22. The van der Waals surface area contributed by atoms with Crippen molar-refractivity contribution >= 4 is 22.8 Å². The van der Waals surface area contributed by atoms with E-state index in [0.29, 0.717) is 24.6 Å². The van der Waals surface area contributed by atoms with Crippen LogP contribution in [0.4, 0.5) is 0 Å². The molecule has 1 aromatic carbocycles. The first-order chi connectivity index (χ1) is 13.0. The first kappa shape index (κ1) is 17.9. The molecule has 27 heavy (non-hydrogen) atoms. The largest absolute Gasteiger partial charge is 0.497 e. The van der Waals surface area contributed by atoms with Crippen molar-refractivity contribution in [2.24, 2.45) is 5.92 Å². The van der Waals surface area contributed by atoms with Gasteiger partial charge in [-0.05, 0) is 44.4 Å². The highest BCUT2D eigenvalue weighted by Gasteiger charge is 2.34. The van der Waals surface area contributed by atoms with Gasteiger partial charge < -0.3 is 19.3 Å². The number of aliphatic carboxylic acids is 1. The summed E-state index contributed by atoms with van der Waals surface area (Å²) in [5.74, 6) is -0.625. The van der Waals surface area contributed by atoms with Gasteiger partial charge in [0, 0.05) is 35.7 Å². The fourth-order valence-electron chi connectivity index (χ4n) is 4.76. The Morgan fingerprint density at radius 2 is 1.93 bits per heavy atom. The van der Waals surface area contributed by atoms with Gasteiger partial charge in [-0.3, -0.25) is 9.59 Å². The minimum Gasteiger partial charge on any atom is -0.497 e. The van der Waals surface area contributed by atoms with Crippen LogP contribution in [-0.4, -0.2) is 46.6 Å². The molecule has 1 amide bonds. The third kappa shape index (κ3) is 2.97. The van der Waals surface area contributed by atoms with E-state index in [1.165, 1.54) is 12.8 Å². The van der Waals surface area contributed by atoms with Crippen LogP contribution in [-0.2, 0) is 4.79 Å². The SMILES string of the molecule is COc1ccc2c(c1)c(C(=O)N1CCC(C(=O)O)C1)c(C)n2C1CCCC1. The van der Waals surface area contributed by atoms with Crippen molar-refractivity contribution in [3.63, 3.8) is 0 Å². The number of benzene rings is 1. The molecule has 1 atom stereocenters. The van der Waals surface area contributed by atoms with Crippen molar-refractivity contribution < 1.29 is 19.4 Å². The molecule has 0 radical (unpaired) electrons. The average molecular weight is 370 g/mol. The first-order valence-corrected chi connectivity index (χ1v) is 9.72. The van der Waals surface area contributed by atoms with E-state index < -0.39 is 11.9 Å². The molecule has 1 unspecified atom stereocenters. The molecule has 4 rings (SSSR count). The zero-order chi connectivity index (χ0) is 19.1. The van der Waals surface area contributed by atoms with Crippen molar-refractivity contribution in [2.75, 3.05) is 20.2 Å². The molecule has 2 fully saturated rings. The Morgan fingerprint density at radius 3 is 2.56 bits per heavy atom. The summed E-state index contributed by atoms with van der Waals surface area (Å²) in [7, 11) is 1.63. The molecular weight excluding hydrogens is 344 g/mol. The Bertz CT molecular complexity index is 895. The summed E-state index contributed by atoms with van der Waals surface area (Å²) in [4.78, 5) is 26.3. The fraction of sp³-hybridized carbons (Fsp3) is 0.524. The molecule has 1 aliphatic heterocycles. The number of aromatic nitrogens is 1. The van der Waals surface area contributed by atoms with Gasteiger partial charge in [-0.25, -0.2) is 0 Å². The van der Waals surface area contributed by atoms with Gasteiger partial charge in [0.25, 0.3) is 5.91 Å². The lowest BCUT2D eigenvalue weighted by atomic mass is 10.1. The molecule has 6 nitrogen and oxygen atoms in total. The van der Waals surface area contributed by atoms with Gasteiger partial charge in [0.05, 0.1) is 18.6 Å². The number of rotatable bonds is 4. The van der Waals surface area contributed by atoms with Crippen LogP contribution in [0.2, 0.25) is 0 Å². The van der Waals surface area contributed by atoms with Crippen LogP contribution in [0.25, 0.3) is 10.9 Å². The summed E-state index contributed by atoms with van der Waals surface area (Å²) in [6.45, 7) is 2.80. The number of likely N-dealkylation sites (tertiary alicyclic amines) is 1. The predicted molar refractivity (Wildman–Crippen MR) is 102 cm³/mol. The topological polar surface area (TPSA) is 71.8 Å². The van der Waals surface area contributed by atoms with E-state index in [0.717, 1.165) is 35.2 Å². The standard InChI is InChI=1S/C21H26N2O4/c1-13-19(20(24)22-10-9-14(12-22)21(25)26)17-11-16(27-2)7-8-18(17)23(13)15-5-3-4-6-15/h7-8,11,14-15H,3-6,9-10,12H2,1-2H3,(H,25,26). The van der Waals surface area contributed by atoms with Gasteiger partial charge in [-0.1, -0.05) is 12.8 Å². The van der Waals surface area contributed by atoms with Crippen molar-refractivity contribution in [1.82, 2.24) is 9.47 Å². The van der Waals surface area contributed by atoms with Crippen LogP contribution in [0.15, 0.2) is 18.2 Å². The summed E-state index contributed by atoms with van der Waals surface area (Å²) in [6, 6.07) is 6.34. The van der Waals surface area contributed by atoms with Gasteiger partial charge in [0.15, 0.2) is 0 Å². The van der Waals surface area contributed by atoms with Gasteiger partial charge in [0.1, 0.15) is 5.75 Å². The minimum atomic E-state index is -0.822. The van der Waals surface area contributed by atoms with Crippen LogP contribution in [0.1, 0.15) is 54.2 Å². The normalized spacial score (nSPS) is 20.5. The molecule has 1 saturated heterocycles. The third-order valence-electron chi connectivity index (χ3n) is 6.18. The second-order valence-corrected chi connectivity index (χ2v) is 7.73. The van der Waals surface area contributed by atoms with Crippen LogP contribution in [0, 0.1) is 12.8 Å². The number of carboxylic acids is 1. The van der Waals surface area contributed by atoms with Crippen molar-refractivity contribution in [1.29, 1.82) is 0 Å². The zero-order valence-corrected chi connectivity index (χ0v) is 15.9. The van der Waals surface area contributed by atoms with Gasteiger partial charge in [0.2, 0.25) is 0 Å². The number of amides is 1. The number of methoxy groups -OCH3 is 1. The van der Waals surface area contributed by atoms with Crippen LogP contribution < -0.4 is 4.74 Å². The maximum absolute atomic E-state index is 13.4. The number of carbonyl (C=O) groups is 2. The highest BCUT2D eigenvalue weighted by Crippen LogP contribution is 2.38. The number of carboxylic acid groups (broad SMARTS) is 1. The minimum absolute atomic E-state index is 0.0637. The molecule has 1 saturated carbocycles. The van der Waals surface area contributed by atoms with E-state index >= 15 is 0 Å². The Morgan fingerprint density at radius 1 is 1.19 bits per heavy atom. The Balaban J connectivity index is 1.80. The summed E-state index contributed by atoms with van der Waals surface area (Å²) < 4.78 is 7.71. The highest BCUT2D eigenvalue weighted by molar-refractivity contribution is 6.09. The molecule has 6 heteroatoms. The summed E-state index contributed by atoms with van der Waals surface area (Å²) >= 11 is 0. The second-order valence-electron chi connectivity index (χ2n) is 7.73. The van der Waals surface area contributed by atoms with Crippen LogP contribution in [0.5, 0.6) is 5.75 Å². The molecule has 0 spiro atoms. The van der Waals surface area contributed by atoms with E-state index in [-0.39, 0.29) is 12.5 Å². The van der Waals surface area contributed by atoms with E-state index in [2.05, 4.69) is 4.57 Å².